The van der Waals surface area contributed by atoms with Gasteiger partial charge in [-0.05, 0) is 88.2 Å². The van der Waals surface area contributed by atoms with Crippen LogP contribution >= 0.6 is 24.0 Å². The Hall–Kier alpha value is -2.48. The Labute approximate surface area is 226 Å². The van der Waals surface area contributed by atoms with Gasteiger partial charge < -0.3 is 15.3 Å². The minimum atomic E-state index is -0.934. The van der Waals surface area contributed by atoms with Crippen molar-refractivity contribution in [2.75, 3.05) is 25.0 Å². The normalized spacial score (nSPS) is 20.1. The zero-order chi connectivity index (χ0) is 25.4. The first-order chi connectivity index (χ1) is 17.3. The third kappa shape index (κ3) is 5.84. The lowest BCUT2D eigenvalue weighted by Gasteiger charge is -2.32. The largest absolute Gasteiger partial charge is 0.504 e. The number of ketones is 1. The minimum Gasteiger partial charge on any atom is -0.504 e. The molecule has 2 heterocycles. The average Bonchev–Trinajstić information content (AvgIpc) is 3.36. The van der Waals surface area contributed by atoms with E-state index in [1.165, 1.54) is 51.2 Å². The van der Waals surface area contributed by atoms with Gasteiger partial charge in [-0.3, -0.25) is 9.78 Å². The molecule has 1 saturated heterocycles. The van der Waals surface area contributed by atoms with Crippen LogP contribution < -0.4 is 5.32 Å². The smallest absolute Gasteiger partial charge is 0.170 e. The number of pyridine rings is 1. The third-order valence-electron chi connectivity index (χ3n) is 7.57. The number of nitrogens with one attached hydrogen (secondary N) is 1. The highest BCUT2D eigenvalue weighted by molar-refractivity contribution is 6.32. The molecular weight excluding hydrogens is 519 g/mol. The number of benzene rings is 2. The fourth-order valence-electron chi connectivity index (χ4n) is 5.60. The van der Waals surface area contributed by atoms with Gasteiger partial charge >= 0.3 is 0 Å². The first-order valence-corrected chi connectivity index (χ1v) is 13.0. The summed E-state index contributed by atoms with van der Waals surface area (Å²) in [5, 5.41) is 13.6. The fraction of sp³-hybridized carbons (Fsp3) is 0.429. The number of phenolic OH excluding ortho intramolecular Hbond substituents is 1. The summed E-state index contributed by atoms with van der Waals surface area (Å²) in [5.41, 5.74) is 1.77. The van der Waals surface area contributed by atoms with E-state index in [0.717, 1.165) is 38.3 Å². The molecule has 0 spiro atoms. The molecule has 2 aliphatic rings. The number of Topliss-reactive ketones (excluding diaryl/α,β-unsaturated/α-hetero) is 1. The summed E-state index contributed by atoms with van der Waals surface area (Å²) in [7, 11) is 0. The predicted molar refractivity (Wildman–Crippen MR) is 146 cm³/mol. The highest BCUT2D eigenvalue weighted by Gasteiger charge is 2.26. The summed E-state index contributed by atoms with van der Waals surface area (Å²) in [6.07, 6.45) is 8.31. The number of halogens is 4. The Balaban J connectivity index is 0.00000320. The first-order valence-electron chi connectivity index (χ1n) is 12.6. The van der Waals surface area contributed by atoms with Crippen LogP contribution in [0.1, 0.15) is 55.8 Å². The van der Waals surface area contributed by atoms with Crippen LogP contribution in [-0.4, -0.2) is 46.4 Å². The van der Waals surface area contributed by atoms with Crippen molar-refractivity contribution < 1.29 is 18.7 Å². The van der Waals surface area contributed by atoms with Gasteiger partial charge in [0.25, 0.3) is 0 Å². The predicted octanol–water partition coefficient (Wildman–Crippen LogP) is 7.23. The zero-order valence-corrected chi connectivity index (χ0v) is 22.3. The molecule has 1 saturated carbocycles. The number of anilines is 1. The zero-order valence-electron chi connectivity index (χ0n) is 20.7. The van der Waals surface area contributed by atoms with Gasteiger partial charge in [-0.25, -0.2) is 8.78 Å². The van der Waals surface area contributed by atoms with Gasteiger partial charge in [0.05, 0.1) is 21.8 Å². The standard InChI is InChI=1S/C28H30ClF2N3O2.ClH/c1-16(35)22-14-32-26-13-24(30)20(18-10-23(29)28(36)25(31)11-18)12-21(26)27(22)33-19-6-4-17(5-7-19)15-34-8-2-3-9-34;/h10-14,17,19,36H,2-9,15H2,1H3,(H,32,33);1H. The van der Waals surface area contributed by atoms with Crippen molar-refractivity contribution in [3.8, 4) is 16.9 Å². The molecule has 3 aromatic rings. The van der Waals surface area contributed by atoms with Crippen molar-refractivity contribution in [2.45, 2.75) is 51.5 Å². The SMILES string of the molecule is CC(=O)c1cnc2cc(F)c(-c3cc(F)c(O)c(Cl)c3)cc2c1NC1CCC(CN2CCCC2)CC1.Cl. The van der Waals surface area contributed by atoms with Gasteiger partial charge in [0.15, 0.2) is 17.3 Å². The molecule has 2 aromatic carbocycles. The number of rotatable bonds is 6. The second-order valence-electron chi connectivity index (χ2n) is 10.1. The first kappa shape index (κ1) is 27.6. The van der Waals surface area contributed by atoms with Crippen LogP contribution in [0.15, 0.2) is 30.5 Å². The maximum absolute atomic E-state index is 15.1. The maximum Gasteiger partial charge on any atom is 0.170 e. The molecule has 2 N–H and O–H groups in total. The molecule has 5 nitrogen and oxygen atoms in total. The summed E-state index contributed by atoms with van der Waals surface area (Å²) in [6, 6.07) is 5.42. The van der Waals surface area contributed by atoms with Gasteiger partial charge in [0.1, 0.15) is 5.82 Å². The lowest BCUT2D eigenvalue weighted by molar-refractivity contribution is 0.101. The maximum atomic E-state index is 15.1. The monoisotopic (exact) mass is 549 g/mol. The molecule has 2 fully saturated rings. The molecule has 1 aliphatic carbocycles. The van der Waals surface area contributed by atoms with Crippen LogP contribution in [0.25, 0.3) is 22.0 Å². The van der Waals surface area contributed by atoms with E-state index in [9.17, 15) is 14.3 Å². The Kier molecular flexibility index (Phi) is 8.56. The van der Waals surface area contributed by atoms with E-state index >= 15 is 4.39 Å². The number of carbonyl (C=O) groups excluding carboxylic acids is 1. The fourth-order valence-corrected chi connectivity index (χ4v) is 5.81. The van der Waals surface area contributed by atoms with Crippen molar-refractivity contribution in [1.82, 2.24) is 9.88 Å². The van der Waals surface area contributed by atoms with Gasteiger partial charge in [0.2, 0.25) is 0 Å². The molecule has 0 atom stereocenters. The van der Waals surface area contributed by atoms with Crippen molar-refractivity contribution in [3.05, 3.63) is 52.7 Å². The highest BCUT2D eigenvalue weighted by Crippen LogP contribution is 2.38. The number of fused-ring (bicyclic) bond motifs is 1. The third-order valence-corrected chi connectivity index (χ3v) is 7.86. The van der Waals surface area contributed by atoms with Gasteiger partial charge in [-0.1, -0.05) is 11.6 Å². The van der Waals surface area contributed by atoms with Crippen LogP contribution in [-0.2, 0) is 0 Å². The number of likely N-dealkylation sites (tertiary alicyclic amines) is 1. The molecule has 1 aromatic heterocycles. The van der Waals surface area contributed by atoms with Crippen LogP contribution in [0.5, 0.6) is 5.75 Å². The highest BCUT2D eigenvalue weighted by atomic mass is 35.5. The number of nitrogens with zero attached hydrogens (tertiary/aromatic N) is 2. The van der Waals surface area contributed by atoms with Gasteiger partial charge in [-0.15, -0.1) is 12.4 Å². The summed E-state index contributed by atoms with van der Waals surface area (Å²) in [4.78, 5) is 19.4. The number of hydrogen-bond acceptors (Lipinski definition) is 5. The second-order valence-corrected chi connectivity index (χ2v) is 10.5. The Morgan fingerprint density at radius 1 is 1.11 bits per heavy atom. The van der Waals surface area contributed by atoms with Crippen LogP contribution in [0.3, 0.4) is 0 Å². The number of phenols is 1. The Morgan fingerprint density at radius 3 is 2.46 bits per heavy atom. The van der Waals surface area contributed by atoms with E-state index in [-0.39, 0.29) is 40.4 Å². The quantitative estimate of drug-likeness (QED) is 0.317. The van der Waals surface area contributed by atoms with Crippen molar-refractivity contribution >= 4 is 46.4 Å². The summed E-state index contributed by atoms with van der Waals surface area (Å²) in [6.45, 7) is 5.06. The van der Waals surface area contributed by atoms with Crippen molar-refractivity contribution in [3.63, 3.8) is 0 Å². The van der Waals surface area contributed by atoms with Gasteiger partial charge in [-0.2, -0.15) is 0 Å². The summed E-state index contributed by atoms with van der Waals surface area (Å²) < 4.78 is 29.2. The molecule has 1 aliphatic heterocycles. The molecule has 37 heavy (non-hydrogen) atoms. The summed E-state index contributed by atoms with van der Waals surface area (Å²) in [5.74, 6) is -1.65. The Morgan fingerprint density at radius 2 is 1.81 bits per heavy atom. The van der Waals surface area contributed by atoms with Crippen LogP contribution in [0.2, 0.25) is 5.02 Å². The molecule has 9 heteroatoms. The van der Waals surface area contributed by atoms with E-state index in [0.29, 0.717) is 28.1 Å². The van der Waals surface area contributed by atoms with E-state index in [4.69, 9.17) is 11.6 Å². The topological polar surface area (TPSA) is 65.5 Å². The lowest BCUT2D eigenvalue weighted by Crippen LogP contribution is -2.33. The molecule has 0 radical (unpaired) electrons. The molecule has 5 rings (SSSR count). The van der Waals surface area contributed by atoms with Crippen molar-refractivity contribution in [2.24, 2.45) is 5.92 Å². The van der Waals surface area contributed by atoms with Crippen molar-refractivity contribution in [1.29, 1.82) is 0 Å². The second kappa shape index (κ2) is 11.5. The number of aromatic hydroxyl groups is 1. The van der Waals surface area contributed by atoms with E-state index in [1.54, 1.807) is 6.07 Å². The van der Waals surface area contributed by atoms with Gasteiger partial charge in [0, 0.05) is 35.8 Å². The average molecular weight is 550 g/mol. The summed E-state index contributed by atoms with van der Waals surface area (Å²) >= 11 is 5.95. The van der Waals surface area contributed by atoms with Crippen LogP contribution in [0.4, 0.5) is 14.5 Å². The lowest BCUT2D eigenvalue weighted by atomic mass is 9.85. The minimum absolute atomic E-state index is 0. The molecule has 0 bridgehead atoms. The van der Waals surface area contributed by atoms with E-state index in [1.807, 2.05) is 0 Å². The Bertz CT molecular complexity index is 1280. The van der Waals surface area contributed by atoms with E-state index in [2.05, 4.69) is 15.2 Å². The van der Waals surface area contributed by atoms with Crippen LogP contribution in [0, 0.1) is 17.6 Å². The number of hydrogen-bond donors (Lipinski definition) is 2. The molecule has 0 unspecified atom stereocenters. The van der Waals surface area contributed by atoms with E-state index < -0.39 is 17.4 Å². The molecular formula is C28H31Cl2F2N3O2. The molecule has 0 amide bonds. The number of carbonyl (C=O) groups is 1. The number of aromatic nitrogens is 1. The molecule has 198 valence electrons.